The maximum Gasteiger partial charge on any atom is 0.345 e. The van der Waals surface area contributed by atoms with Crippen LogP contribution in [0, 0.1) is 0 Å². The Hall–Kier alpha value is -2.15. The molecule has 0 fully saturated rings. The Bertz CT molecular complexity index is 1970. The third-order valence-electron chi connectivity index (χ3n) is 10.4. The number of Topliss-reactive ketones (excluding diaryl/α,β-unsaturated/α-hetero) is 1. The van der Waals surface area contributed by atoms with E-state index in [2.05, 4.69) is 9.80 Å². The van der Waals surface area contributed by atoms with Crippen molar-refractivity contribution in [2.75, 3.05) is 19.1 Å². The highest BCUT2D eigenvalue weighted by Crippen LogP contribution is 2.57. The van der Waals surface area contributed by atoms with Gasteiger partial charge >= 0.3 is 15.2 Å². The zero-order valence-corrected chi connectivity index (χ0v) is 45.5. The number of carbonyl (C=O) groups is 1. The molecule has 2 aliphatic rings. The Morgan fingerprint density at radius 1 is 0.642 bits per heavy atom. The Labute approximate surface area is 406 Å². The summed E-state index contributed by atoms with van der Waals surface area (Å²) in [6, 6.07) is 11.7. The van der Waals surface area contributed by atoms with Crippen molar-refractivity contribution >= 4 is 21.0 Å². The van der Waals surface area contributed by atoms with Crippen molar-refractivity contribution in [3.63, 3.8) is 0 Å². The van der Waals surface area contributed by atoms with E-state index < -0.39 is 49.2 Å². The molecule has 15 heteroatoms. The molecular formula is C52H90N2O11P2. The van der Waals surface area contributed by atoms with Crippen LogP contribution in [0.2, 0.25) is 0 Å². The van der Waals surface area contributed by atoms with Gasteiger partial charge in [-0.25, -0.2) is 0 Å². The zero-order valence-electron chi connectivity index (χ0n) is 43.7. The van der Waals surface area contributed by atoms with E-state index in [0.29, 0.717) is 52.1 Å². The van der Waals surface area contributed by atoms with Crippen LogP contribution in [0.4, 0.5) is 0 Å². The number of rotatable bonds is 23. The molecule has 0 spiro atoms. The molecule has 2 aromatic carbocycles. The standard InChI is InChI=1S/C51H86N2O11P2.CH4/c1-18-24-43(54)30-21-19-20-29-42(53(37-66(56,63-48(8,9)10)64-49(11,12)13)32-39-26-23-28-41-35-58-51(16,17)60-45(39)41)33-52(36-65(55,61-46(2,3)4)62-47(5,6)7)31-38-25-22-27-40-34-57-50(14,15)59-44(38)40;/h22-23,25-28,42H,18-21,24,29-37H2,1-17H3;1H4. The van der Waals surface area contributed by atoms with Gasteiger partial charge in [-0.3, -0.25) is 23.7 Å². The SMILES string of the molecule is C.CCCC(=O)CCCCCC(CN(Cc1cccc2c1OC(C)(C)OC2)CP(=O)(OC(C)(C)C)OC(C)(C)C)N(Cc1cccc2c1OC(C)(C)OC2)CP(=O)(OC(C)(C)C)OC(C)(C)C. The fourth-order valence-corrected chi connectivity index (χ4v) is 13.4. The number of nitrogens with zero attached hydrogens (tertiary/aromatic N) is 2. The number of hydrogen-bond acceptors (Lipinski definition) is 13. The number of carbonyl (C=O) groups excluding carboxylic acids is 1. The summed E-state index contributed by atoms with van der Waals surface area (Å²) in [5.74, 6) is 0.0109. The molecule has 13 nitrogen and oxygen atoms in total. The number of fused-ring (bicyclic) bond motifs is 2. The van der Waals surface area contributed by atoms with Crippen molar-refractivity contribution in [3.8, 4) is 11.5 Å². The number of ether oxygens (including phenoxy) is 4. The highest BCUT2D eigenvalue weighted by atomic mass is 31.2. The summed E-state index contributed by atoms with van der Waals surface area (Å²) in [5.41, 5.74) is 0.427. The zero-order chi connectivity index (χ0) is 49.6. The molecule has 0 amide bonds. The predicted molar refractivity (Wildman–Crippen MR) is 270 cm³/mol. The maximum atomic E-state index is 15.5. The van der Waals surface area contributed by atoms with E-state index in [1.165, 1.54) is 0 Å². The molecule has 0 aromatic heterocycles. The first-order valence-corrected chi connectivity index (χ1v) is 27.5. The number of para-hydroxylation sites is 2. The average molecular weight is 981 g/mol. The van der Waals surface area contributed by atoms with Crippen molar-refractivity contribution in [2.45, 2.75) is 236 Å². The van der Waals surface area contributed by atoms with Gasteiger partial charge in [0.25, 0.3) is 0 Å². The summed E-state index contributed by atoms with van der Waals surface area (Å²) >= 11 is 0. The molecule has 2 heterocycles. The smallest absolute Gasteiger partial charge is 0.345 e. The van der Waals surface area contributed by atoms with Gasteiger partial charge in [-0.1, -0.05) is 63.6 Å². The predicted octanol–water partition coefficient (Wildman–Crippen LogP) is 14.2. The summed E-state index contributed by atoms with van der Waals surface area (Å²) in [6.07, 6.45) is 4.84. The highest BCUT2D eigenvalue weighted by Gasteiger charge is 2.42. The molecule has 384 valence electrons. The lowest BCUT2D eigenvalue weighted by molar-refractivity contribution is -0.181. The molecule has 1 atom stereocenters. The summed E-state index contributed by atoms with van der Waals surface area (Å²) in [5, 5.41) is 0. The van der Waals surface area contributed by atoms with E-state index in [0.717, 1.165) is 59.4 Å². The van der Waals surface area contributed by atoms with E-state index in [4.69, 9.17) is 37.0 Å². The van der Waals surface area contributed by atoms with Crippen molar-refractivity contribution in [3.05, 3.63) is 58.7 Å². The second-order valence-electron chi connectivity index (χ2n) is 23.0. The summed E-state index contributed by atoms with van der Waals surface area (Å²) in [4.78, 5) is 17.0. The van der Waals surface area contributed by atoms with Gasteiger partial charge in [0.1, 0.15) is 29.9 Å². The Morgan fingerprint density at radius 2 is 1.07 bits per heavy atom. The Morgan fingerprint density at radius 3 is 1.51 bits per heavy atom. The van der Waals surface area contributed by atoms with Gasteiger partial charge in [0, 0.05) is 88.5 Å². The number of ketones is 1. The molecule has 4 rings (SSSR count). The third kappa shape index (κ3) is 20.6. The lowest BCUT2D eigenvalue weighted by atomic mass is 10.0. The van der Waals surface area contributed by atoms with Gasteiger partial charge in [0.15, 0.2) is 0 Å². The Balaban J connectivity index is 0.0000119. The van der Waals surface area contributed by atoms with E-state index in [9.17, 15) is 4.79 Å². The monoisotopic (exact) mass is 981 g/mol. The maximum absolute atomic E-state index is 15.5. The van der Waals surface area contributed by atoms with E-state index in [-0.39, 0.29) is 31.8 Å². The first kappa shape index (κ1) is 59.2. The average Bonchev–Trinajstić information content (AvgIpc) is 3.10. The topological polar surface area (TPSA) is 132 Å². The molecule has 0 bridgehead atoms. The van der Waals surface area contributed by atoms with E-state index in [1.807, 2.05) is 154 Å². The van der Waals surface area contributed by atoms with Crippen LogP contribution in [0.1, 0.15) is 192 Å². The molecule has 2 aliphatic heterocycles. The molecule has 0 saturated heterocycles. The fourth-order valence-electron chi connectivity index (χ4n) is 8.25. The first-order chi connectivity index (χ1) is 30.2. The molecule has 1 unspecified atom stereocenters. The third-order valence-corrected chi connectivity index (χ3v) is 15.1. The number of unbranched alkanes of at least 4 members (excludes halogenated alkanes) is 2. The summed E-state index contributed by atoms with van der Waals surface area (Å²) in [6.45, 7) is 34.0. The van der Waals surface area contributed by atoms with Crippen LogP contribution in [-0.4, -0.2) is 74.7 Å². The van der Waals surface area contributed by atoms with Gasteiger partial charge in [0.2, 0.25) is 11.6 Å². The lowest BCUT2D eigenvalue weighted by Gasteiger charge is -2.41. The highest BCUT2D eigenvalue weighted by molar-refractivity contribution is 7.54. The van der Waals surface area contributed by atoms with Crippen LogP contribution in [0.15, 0.2) is 36.4 Å². The molecule has 2 aromatic rings. The van der Waals surface area contributed by atoms with Crippen LogP contribution in [0.25, 0.3) is 0 Å². The molecule has 0 N–H and O–H groups in total. The fraction of sp³-hybridized carbons (Fsp3) is 0.750. The van der Waals surface area contributed by atoms with Crippen molar-refractivity contribution in [1.82, 2.24) is 9.80 Å². The lowest BCUT2D eigenvalue weighted by Crippen LogP contribution is -2.46. The van der Waals surface area contributed by atoms with E-state index in [1.54, 1.807) is 0 Å². The minimum atomic E-state index is -3.91. The summed E-state index contributed by atoms with van der Waals surface area (Å²) in [7, 11) is -7.78. The molecule has 0 saturated carbocycles. The van der Waals surface area contributed by atoms with Gasteiger partial charge in [0.05, 0.1) is 35.6 Å². The number of benzene rings is 2. The quantitative estimate of drug-likeness (QED) is 0.0774. The normalized spacial score (nSPS) is 17.0. The van der Waals surface area contributed by atoms with Gasteiger partial charge in [-0.15, -0.1) is 0 Å². The Kier molecular flexibility index (Phi) is 20.6. The molecule has 0 radical (unpaired) electrons. The van der Waals surface area contributed by atoms with Crippen molar-refractivity contribution in [2.24, 2.45) is 0 Å². The van der Waals surface area contributed by atoms with Crippen LogP contribution in [-0.2, 0) is 67.8 Å². The van der Waals surface area contributed by atoms with Gasteiger partial charge in [-0.2, -0.15) is 0 Å². The molecular weight excluding hydrogens is 891 g/mol. The number of hydrogen-bond donors (Lipinski definition) is 0. The van der Waals surface area contributed by atoms with Crippen molar-refractivity contribution in [1.29, 1.82) is 0 Å². The van der Waals surface area contributed by atoms with Crippen LogP contribution >= 0.6 is 15.2 Å². The van der Waals surface area contributed by atoms with Crippen LogP contribution in [0.5, 0.6) is 11.5 Å². The van der Waals surface area contributed by atoms with Gasteiger partial charge in [-0.05, 0) is 102 Å². The first-order valence-electron chi connectivity index (χ1n) is 24.0. The van der Waals surface area contributed by atoms with Gasteiger partial charge < -0.3 is 37.0 Å². The van der Waals surface area contributed by atoms with E-state index >= 15 is 9.13 Å². The molecule has 0 aliphatic carbocycles. The second kappa shape index (κ2) is 23.4. The largest absolute Gasteiger partial charge is 0.462 e. The van der Waals surface area contributed by atoms with Crippen LogP contribution in [0.3, 0.4) is 0 Å². The second-order valence-corrected chi connectivity index (χ2v) is 26.8. The van der Waals surface area contributed by atoms with Crippen molar-refractivity contribution < 1.29 is 51.0 Å². The minimum absolute atomic E-state index is 0. The minimum Gasteiger partial charge on any atom is -0.462 e. The van der Waals surface area contributed by atoms with Crippen LogP contribution < -0.4 is 9.47 Å². The summed E-state index contributed by atoms with van der Waals surface area (Å²) < 4.78 is 82.0. The molecule has 67 heavy (non-hydrogen) atoms.